The number of carbonyl (C=O) groups excluding carboxylic acids is 1. The normalized spacial score (nSPS) is 15.9. The molecule has 1 saturated heterocycles. The predicted molar refractivity (Wildman–Crippen MR) is 121 cm³/mol. The third kappa shape index (κ3) is 4.44. The molecular formula is C24H30N4O2. The van der Waals surface area contributed by atoms with E-state index in [1.54, 1.807) is 7.11 Å². The Labute approximate surface area is 177 Å². The number of benzene rings is 2. The molecule has 1 amide bonds. The molecule has 4 rings (SSSR count). The van der Waals surface area contributed by atoms with Gasteiger partial charge in [0.15, 0.2) is 0 Å². The van der Waals surface area contributed by atoms with E-state index in [0.29, 0.717) is 6.54 Å². The number of rotatable bonds is 7. The van der Waals surface area contributed by atoms with Crippen molar-refractivity contribution in [1.29, 1.82) is 0 Å². The van der Waals surface area contributed by atoms with Crippen LogP contribution in [0, 0.1) is 0 Å². The van der Waals surface area contributed by atoms with E-state index in [1.807, 2.05) is 37.4 Å². The lowest BCUT2D eigenvalue weighted by Gasteiger charge is -2.38. The van der Waals surface area contributed by atoms with Gasteiger partial charge in [0, 0.05) is 61.6 Å². The van der Waals surface area contributed by atoms with Gasteiger partial charge in [-0.25, -0.2) is 0 Å². The van der Waals surface area contributed by atoms with Gasteiger partial charge in [-0.15, -0.1) is 0 Å². The number of piperazine rings is 1. The highest BCUT2D eigenvalue weighted by molar-refractivity contribution is 5.83. The summed E-state index contributed by atoms with van der Waals surface area (Å²) in [4.78, 5) is 20.6. The molecule has 2 aromatic carbocycles. The van der Waals surface area contributed by atoms with Gasteiger partial charge in [-0.3, -0.25) is 9.69 Å². The number of aromatic amines is 1. The van der Waals surface area contributed by atoms with E-state index >= 15 is 0 Å². The molecule has 2 heterocycles. The van der Waals surface area contributed by atoms with Gasteiger partial charge in [-0.1, -0.05) is 24.3 Å². The third-order valence-electron chi connectivity index (χ3n) is 6.03. The van der Waals surface area contributed by atoms with Crippen LogP contribution < -0.4 is 15.0 Å². The molecule has 1 fully saturated rings. The summed E-state index contributed by atoms with van der Waals surface area (Å²) in [5.74, 6) is 0.975. The highest BCUT2D eigenvalue weighted by Crippen LogP contribution is 2.22. The molecule has 30 heavy (non-hydrogen) atoms. The van der Waals surface area contributed by atoms with E-state index in [0.717, 1.165) is 43.9 Å². The Hall–Kier alpha value is -2.99. The van der Waals surface area contributed by atoms with Gasteiger partial charge in [0.05, 0.1) is 13.2 Å². The maximum absolute atomic E-state index is 12.7. The second-order valence-corrected chi connectivity index (χ2v) is 7.80. The van der Waals surface area contributed by atoms with Gasteiger partial charge in [0.1, 0.15) is 5.75 Å². The number of methoxy groups -OCH3 is 1. The summed E-state index contributed by atoms with van der Waals surface area (Å²) >= 11 is 0. The predicted octanol–water partition coefficient (Wildman–Crippen LogP) is 3.05. The average Bonchev–Trinajstić information content (AvgIpc) is 3.22. The van der Waals surface area contributed by atoms with E-state index in [-0.39, 0.29) is 11.9 Å². The van der Waals surface area contributed by atoms with Gasteiger partial charge in [-0.2, -0.15) is 0 Å². The molecule has 3 aromatic rings. The fraction of sp³-hybridized carbons (Fsp3) is 0.375. The Morgan fingerprint density at radius 2 is 1.93 bits per heavy atom. The lowest BCUT2D eigenvalue weighted by molar-refractivity contribution is -0.125. The largest absolute Gasteiger partial charge is 0.497 e. The van der Waals surface area contributed by atoms with Gasteiger partial charge in [-0.05, 0) is 37.1 Å². The first-order valence-electron chi connectivity index (χ1n) is 10.6. The number of nitrogens with one attached hydrogen (secondary N) is 2. The molecule has 1 aromatic heterocycles. The van der Waals surface area contributed by atoms with Crippen molar-refractivity contribution in [1.82, 2.24) is 15.2 Å². The molecule has 6 nitrogen and oxygen atoms in total. The van der Waals surface area contributed by atoms with Crippen molar-refractivity contribution < 1.29 is 9.53 Å². The van der Waals surface area contributed by atoms with Crippen molar-refractivity contribution >= 4 is 22.5 Å². The van der Waals surface area contributed by atoms with Crippen LogP contribution >= 0.6 is 0 Å². The standard InChI is InChI=1S/C24H30N4O2/c1-18(24(29)25-11-10-19-17-26-23-9-4-3-8-22(19)23)27-12-14-28(15-13-27)20-6-5-7-21(16-20)30-2/h3-9,16-18,26H,10-15H2,1-2H3,(H,25,29). The lowest BCUT2D eigenvalue weighted by Crippen LogP contribution is -2.54. The molecule has 1 atom stereocenters. The summed E-state index contributed by atoms with van der Waals surface area (Å²) in [6.45, 7) is 6.19. The molecule has 6 heteroatoms. The summed E-state index contributed by atoms with van der Waals surface area (Å²) in [5.41, 5.74) is 3.55. The molecule has 1 aliphatic rings. The molecule has 1 aliphatic heterocycles. The molecule has 0 saturated carbocycles. The number of aromatic nitrogens is 1. The molecular weight excluding hydrogens is 376 g/mol. The molecule has 158 valence electrons. The minimum absolute atomic E-state index is 0.102. The van der Waals surface area contributed by atoms with Crippen LogP contribution in [0.3, 0.4) is 0 Å². The Morgan fingerprint density at radius 3 is 2.73 bits per heavy atom. The third-order valence-corrected chi connectivity index (χ3v) is 6.03. The van der Waals surface area contributed by atoms with Gasteiger partial charge < -0.3 is 19.9 Å². The Balaban J connectivity index is 1.25. The van der Waals surface area contributed by atoms with E-state index in [9.17, 15) is 4.79 Å². The number of hydrogen-bond donors (Lipinski definition) is 2. The first-order valence-corrected chi connectivity index (χ1v) is 10.6. The first kappa shape index (κ1) is 20.3. The number of fused-ring (bicyclic) bond motifs is 1. The van der Waals surface area contributed by atoms with Crippen LogP contribution in [-0.4, -0.2) is 61.7 Å². The lowest BCUT2D eigenvalue weighted by atomic mass is 10.1. The van der Waals surface area contributed by atoms with Crippen molar-refractivity contribution in [3.05, 3.63) is 60.3 Å². The molecule has 0 spiro atoms. The average molecular weight is 407 g/mol. The fourth-order valence-electron chi connectivity index (χ4n) is 4.15. The van der Waals surface area contributed by atoms with Crippen LogP contribution in [-0.2, 0) is 11.2 Å². The summed E-state index contributed by atoms with van der Waals surface area (Å²) in [6.07, 6.45) is 2.87. The highest BCUT2D eigenvalue weighted by Gasteiger charge is 2.25. The number of ether oxygens (including phenoxy) is 1. The van der Waals surface area contributed by atoms with E-state index in [4.69, 9.17) is 4.74 Å². The number of nitrogens with zero attached hydrogens (tertiary/aromatic N) is 2. The maximum Gasteiger partial charge on any atom is 0.237 e. The minimum Gasteiger partial charge on any atom is -0.497 e. The van der Waals surface area contributed by atoms with Crippen LogP contribution in [0.5, 0.6) is 5.75 Å². The van der Waals surface area contributed by atoms with E-state index in [2.05, 4.69) is 44.4 Å². The number of carbonyl (C=O) groups is 1. The smallest absolute Gasteiger partial charge is 0.237 e. The van der Waals surface area contributed by atoms with Crippen LogP contribution in [0.4, 0.5) is 5.69 Å². The van der Waals surface area contributed by atoms with Crippen LogP contribution in [0.2, 0.25) is 0 Å². The molecule has 1 unspecified atom stereocenters. The number of hydrogen-bond acceptors (Lipinski definition) is 4. The topological polar surface area (TPSA) is 60.6 Å². The number of para-hydroxylation sites is 1. The minimum atomic E-state index is -0.125. The molecule has 0 bridgehead atoms. The maximum atomic E-state index is 12.7. The monoisotopic (exact) mass is 406 g/mol. The van der Waals surface area contributed by atoms with Crippen molar-refractivity contribution in [3.63, 3.8) is 0 Å². The number of H-pyrrole nitrogens is 1. The molecule has 2 N–H and O–H groups in total. The van der Waals surface area contributed by atoms with Gasteiger partial charge >= 0.3 is 0 Å². The number of amides is 1. The summed E-state index contributed by atoms with van der Waals surface area (Å²) in [5, 5.41) is 4.35. The number of anilines is 1. The zero-order valence-corrected chi connectivity index (χ0v) is 17.7. The quantitative estimate of drug-likeness (QED) is 0.633. The zero-order chi connectivity index (χ0) is 20.9. The van der Waals surface area contributed by atoms with Crippen molar-refractivity contribution in [2.75, 3.05) is 44.7 Å². The first-order chi connectivity index (χ1) is 14.7. The van der Waals surface area contributed by atoms with Crippen molar-refractivity contribution in [2.45, 2.75) is 19.4 Å². The van der Waals surface area contributed by atoms with Crippen molar-refractivity contribution in [2.24, 2.45) is 0 Å². The Morgan fingerprint density at radius 1 is 1.13 bits per heavy atom. The van der Waals surface area contributed by atoms with Gasteiger partial charge in [0.25, 0.3) is 0 Å². The SMILES string of the molecule is COc1cccc(N2CCN(C(C)C(=O)NCCc3c[nH]c4ccccc34)CC2)c1. The second kappa shape index (κ2) is 9.22. The van der Waals surface area contributed by atoms with Crippen LogP contribution in [0.1, 0.15) is 12.5 Å². The van der Waals surface area contributed by atoms with Crippen molar-refractivity contribution in [3.8, 4) is 5.75 Å². The highest BCUT2D eigenvalue weighted by atomic mass is 16.5. The van der Waals surface area contributed by atoms with Crippen LogP contribution in [0.15, 0.2) is 54.7 Å². The second-order valence-electron chi connectivity index (χ2n) is 7.80. The molecule has 0 radical (unpaired) electrons. The Kier molecular flexibility index (Phi) is 6.23. The van der Waals surface area contributed by atoms with Crippen LogP contribution in [0.25, 0.3) is 10.9 Å². The summed E-state index contributed by atoms with van der Waals surface area (Å²) in [7, 11) is 1.69. The summed E-state index contributed by atoms with van der Waals surface area (Å²) < 4.78 is 5.33. The molecule has 0 aliphatic carbocycles. The zero-order valence-electron chi connectivity index (χ0n) is 17.7. The fourth-order valence-corrected chi connectivity index (χ4v) is 4.15. The summed E-state index contributed by atoms with van der Waals surface area (Å²) in [6, 6.07) is 16.3. The Bertz CT molecular complexity index is 992. The van der Waals surface area contributed by atoms with E-state index in [1.165, 1.54) is 16.6 Å². The van der Waals surface area contributed by atoms with E-state index < -0.39 is 0 Å². The van der Waals surface area contributed by atoms with Gasteiger partial charge in [0.2, 0.25) is 5.91 Å².